The molecule has 0 aliphatic carbocycles. The molecule has 4 heterocycles. The number of piperidine rings is 1. The predicted octanol–water partition coefficient (Wildman–Crippen LogP) is 1.88. The van der Waals surface area contributed by atoms with Crippen molar-refractivity contribution in [1.82, 2.24) is 35.1 Å². The highest BCUT2D eigenvalue weighted by molar-refractivity contribution is 6.03. The van der Waals surface area contributed by atoms with E-state index < -0.39 is 0 Å². The molecule has 0 aromatic carbocycles. The number of amides is 1. The minimum Gasteiger partial charge on any atom is -0.317 e. The average molecular weight is 411 g/mol. The van der Waals surface area contributed by atoms with E-state index in [4.69, 9.17) is 0 Å². The number of anilines is 1. The summed E-state index contributed by atoms with van der Waals surface area (Å²) in [5.41, 5.74) is 0.849. The first-order valence-corrected chi connectivity index (χ1v) is 8.20. The molecule has 2 N–H and O–H groups in total. The number of nitrogens with zero attached hydrogens (tertiary/aromatic N) is 6. The summed E-state index contributed by atoms with van der Waals surface area (Å²) in [5, 5.41) is 18.4. The lowest BCUT2D eigenvalue weighted by Crippen LogP contribution is -2.29. The molecule has 144 valence electrons. The van der Waals surface area contributed by atoms with Crippen LogP contribution in [0.15, 0.2) is 43.0 Å². The van der Waals surface area contributed by atoms with E-state index in [-0.39, 0.29) is 42.5 Å². The number of hydrogen-bond acceptors (Lipinski definition) is 6. The van der Waals surface area contributed by atoms with Crippen LogP contribution < -0.4 is 10.6 Å². The van der Waals surface area contributed by atoms with E-state index in [1.807, 2.05) is 0 Å². The summed E-state index contributed by atoms with van der Waals surface area (Å²) < 4.78 is 3.38. The fourth-order valence-corrected chi connectivity index (χ4v) is 2.89. The molecular weight excluding hydrogens is 391 g/mol. The lowest BCUT2D eigenvalue weighted by molar-refractivity contribution is 0.102. The first-order valence-electron chi connectivity index (χ1n) is 8.20. The molecule has 11 heteroatoms. The Labute approximate surface area is 168 Å². The highest BCUT2D eigenvalue weighted by Gasteiger charge is 2.19. The number of nitrogens with one attached hydrogen (secondary N) is 2. The maximum absolute atomic E-state index is 12.5. The van der Waals surface area contributed by atoms with Crippen molar-refractivity contribution in [2.45, 2.75) is 18.9 Å². The van der Waals surface area contributed by atoms with Gasteiger partial charge in [0.1, 0.15) is 0 Å². The van der Waals surface area contributed by atoms with Crippen LogP contribution in [0.4, 0.5) is 5.69 Å². The van der Waals surface area contributed by atoms with Crippen LogP contribution >= 0.6 is 24.8 Å². The number of carbonyl (C=O) groups excluding carboxylic acids is 1. The van der Waals surface area contributed by atoms with Crippen molar-refractivity contribution in [3.63, 3.8) is 0 Å². The van der Waals surface area contributed by atoms with Crippen molar-refractivity contribution in [3.8, 4) is 5.82 Å². The van der Waals surface area contributed by atoms with Crippen LogP contribution in [0.3, 0.4) is 0 Å². The second-order valence-corrected chi connectivity index (χ2v) is 5.84. The third-order valence-corrected chi connectivity index (χ3v) is 4.18. The van der Waals surface area contributed by atoms with Crippen LogP contribution in [-0.4, -0.2) is 48.8 Å². The lowest BCUT2D eigenvalue weighted by Gasteiger charge is -2.22. The SMILES string of the molecule is Cl.Cl.O=C(Nc1cccnc1-n1cccn1)c1cn(C2CCNCC2)nn1. The highest BCUT2D eigenvalue weighted by atomic mass is 35.5. The normalized spacial score (nSPS) is 14.1. The zero-order chi connectivity index (χ0) is 17.1. The zero-order valence-electron chi connectivity index (χ0n) is 14.4. The number of carbonyl (C=O) groups is 1. The van der Waals surface area contributed by atoms with E-state index in [1.165, 1.54) is 0 Å². The molecule has 1 saturated heterocycles. The van der Waals surface area contributed by atoms with Gasteiger partial charge in [0.05, 0.1) is 17.9 Å². The Hall–Kier alpha value is -2.49. The summed E-state index contributed by atoms with van der Waals surface area (Å²) in [6, 6.07) is 5.62. The summed E-state index contributed by atoms with van der Waals surface area (Å²) in [6.07, 6.45) is 8.75. The van der Waals surface area contributed by atoms with Gasteiger partial charge in [-0.05, 0) is 44.1 Å². The summed E-state index contributed by atoms with van der Waals surface area (Å²) in [6.45, 7) is 1.91. The minimum atomic E-state index is -0.318. The molecule has 27 heavy (non-hydrogen) atoms. The summed E-state index contributed by atoms with van der Waals surface area (Å²) in [7, 11) is 0. The maximum Gasteiger partial charge on any atom is 0.277 e. The fraction of sp³-hybridized carbons (Fsp3) is 0.312. The number of hydrogen-bond donors (Lipinski definition) is 2. The maximum atomic E-state index is 12.5. The third-order valence-electron chi connectivity index (χ3n) is 4.18. The van der Waals surface area contributed by atoms with E-state index in [2.05, 4.69) is 31.0 Å². The van der Waals surface area contributed by atoms with E-state index in [1.54, 1.807) is 52.4 Å². The van der Waals surface area contributed by atoms with Gasteiger partial charge in [-0.2, -0.15) is 5.10 Å². The summed E-state index contributed by atoms with van der Waals surface area (Å²) in [5.74, 6) is 0.230. The molecule has 1 fully saturated rings. The van der Waals surface area contributed by atoms with Crippen LogP contribution in [0.1, 0.15) is 29.4 Å². The summed E-state index contributed by atoms with van der Waals surface area (Å²) >= 11 is 0. The Morgan fingerprint density at radius 2 is 2.00 bits per heavy atom. The number of halogens is 2. The van der Waals surface area contributed by atoms with Gasteiger partial charge in [-0.1, -0.05) is 5.21 Å². The molecule has 0 saturated carbocycles. The van der Waals surface area contributed by atoms with Crippen LogP contribution in [0, 0.1) is 0 Å². The number of aromatic nitrogens is 6. The lowest BCUT2D eigenvalue weighted by atomic mass is 10.1. The van der Waals surface area contributed by atoms with E-state index in [9.17, 15) is 4.79 Å². The monoisotopic (exact) mass is 410 g/mol. The minimum absolute atomic E-state index is 0. The van der Waals surface area contributed by atoms with Gasteiger partial charge in [0.15, 0.2) is 11.5 Å². The Bertz CT molecular complexity index is 861. The fourth-order valence-electron chi connectivity index (χ4n) is 2.89. The van der Waals surface area contributed by atoms with E-state index >= 15 is 0 Å². The molecule has 0 spiro atoms. The van der Waals surface area contributed by atoms with Gasteiger partial charge in [0.2, 0.25) is 0 Å². The molecule has 1 aliphatic rings. The largest absolute Gasteiger partial charge is 0.317 e. The first kappa shape index (κ1) is 20.8. The van der Waals surface area contributed by atoms with E-state index in [0.717, 1.165) is 25.9 Å². The Morgan fingerprint density at radius 3 is 2.74 bits per heavy atom. The Morgan fingerprint density at radius 1 is 1.19 bits per heavy atom. The van der Waals surface area contributed by atoms with Gasteiger partial charge in [0.25, 0.3) is 5.91 Å². The smallest absolute Gasteiger partial charge is 0.277 e. The van der Waals surface area contributed by atoms with Crippen molar-refractivity contribution in [3.05, 3.63) is 48.7 Å². The molecule has 1 amide bonds. The highest BCUT2D eigenvalue weighted by Crippen LogP contribution is 2.19. The second kappa shape index (κ2) is 9.45. The number of rotatable bonds is 4. The first-order chi connectivity index (χ1) is 12.3. The van der Waals surface area contributed by atoms with Crippen LogP contribution in [0.2, 0.25) is 0 Å². The van der Waals surface area contributed by atoms with E-state index in [0.29, 0.717) is 11.5 Å². The zero-order valence-corrected chi connectivity index (χ0v) is 16.0. The third kappa shape index (κ3) is 4.62. The predicted molar refractivity (Wildman–Crippen MR) is 105 cm³/mol. The molecule has 3 aromatic rings. The topological polar surface area (TPSA) is 103 Å². The Kier molecular flexibility index (Phi) is 7.28. The van der Waals surface area contributed by atoms with Crippen LogP contribution in [-0.2, 0) is 0 Å². The quantitative estimate of drug-likeness (QED) is 0.680. The number of pyridine rings is 1. The molecule has 0 bridgehead atoms. The van der Waals surface area contributed by atoms with Gasteiger partial charge in [-0.25, -0.2) is 14.3 Å². The van der Waals surface area contributed by atoms with Gasteiger partial charge in [0, 0.05) is 18.6 Å². The average Bonchev–Trinajstić information content (AvgIpc) is 3.35. The van der Waals surface area contributed by atoms with Gasteiger partial charge >= 0.3 is 0 Å². The standard InChI is InChI=1S/C16H18N8O.2ClH/c25-16(14-11-24(22-21-14)12-4-8-17-9-5-12)20-13-3-1-6-18-15(13)23-10-2-7-19-23;;/h1-3,6-7,10-12,17H,4-5,8-9H2,(H,20,25);2*1H. The van der Waals surface area contributed by atoms with Gasteiger partial charge in [-0.15, -0.1) is 29.9 Å². The molecule has 0 radical (unpaired) electrons. The molecule has 0 atom stereocenters. The molecule has 1 aliphatic heterocycles. The molecule has 9 nitrogen and oxygen atoms in total. The van der Waals surface area contributed by atoms with Gasteiger partial charge < -0.3 is 10.6 Å². The van der Waals surface area contributed by atoms with Crippen molar-refractivity contribution < 1.29 is 4.79 Å². The Balaban J connectivity index is 0.00000131. The van der Waals surface area contributed by atoms with Crippen molar-refractivity contribution in [2.24, 2.45) is 0 Å². The molecule has 3 aromatic heterocycles. The van der Waals surface area contributed by atoms with Crippen molar-refractivity contribution in [1.29, 1.82) is 0 Å². The van der Waals surface area contributed by atoms with Crippen LogP contribution in [0.5, 0.6) is 0 Å². The van der Waals surface area contributed by atoms with Gasteiger partial charge in [-0.3, -0.25) is 4.79 Å². The molecule has 0 unspecified atom stereocenters. The molecular formula is C16H20Cl2N8O. The summed E-state index contributed by atoms with van der Waals surface area (Å²) in [4.78, 5) is 16.8. The van der Waals surface area contributed by atoms with Crippen molar-refractivity contribution in [2.75, 3.05) is 18.4 Å². The van der Waals surface area contributed by atoms with Crippen LogP contribution in [0.25, 0.3) is 5.82 Å². The molecule has 4 rings (SSSR count). The second-order valence-electron chi connectivity index (χ2n) is 5.84. The van der Waals surface area contributed by atoms with Crippen molar-refractivity contribution >= 4 is 36.4 Å².